The number of ketones is 1. The van der Waals surface area contributed by atoms with Gasteiger partial charge < -0.3 is 13.6 Å². The van der Waals surface area contributed by atoms with E-state index < -0.39 is 16.6 Å². The van der Waals surface area contributed by atoms with Crippen LogP contribution < -0.4 is 0 Å². The number of carbonyl (C=O) groups is 2. The zero-order chi connectivity index (χ0) is 32.8. The van der Waals surface area contributed by atoms with Gasteiger partial charge in [-0.3, -0.25) is 9.59 Å². The predicted octanol–water partition coefficient (Wildman–Crippen LogP) is 9.34. The van der Waals surface area contributed by atoms with Crippen molar-refractivity contribution < 1.29 is 23.2 Å². The number of hydrogen-bond acceptors (Lipinski definition) is 5. The molecule has 0 amide bonds. The number of Topliss-reactive ketones (excluding diaryl/α,β-unsaturated/α-hetero) is 1. The summed E-state index contributed by atoms with van der Waals surface area (Å²) in [5, 5.41) is 0.181. The van der Waals surface area contributed by atoms with Gasteiger partial charge in [-0.15, -0.1) is 11.8 Å². The van der Waals surface area contributed by atoms with Gasteiger partial charge in [-0.2, -0.15) is 0 Å². The Morgan fingerprint density at radius 3 is 2.19 bits per heavy atom. The van der Waals surface area contributed by atoms with Crippen molar-refractivity contribution in [1.82, 2.24) is 0 Å². The Balaban J connectivity index is 2.33. The highest BCUT2D eigenvalue weighted by Gasteiger charge is 2.47. The van der Waals surface area contributed by atoms with Gasteiger partial charge >= 0.3 is 5.97 Å². The quantitative estimate of drug-likeness (QED) is 0.0826. The Bertz CT molecular complexity index is 1020. The van der Waals surface area contributed by atoms with Crippen LogP contribution in [-0.4, -0.2) is 47.7 Å². The van der Waals surface area contributed by atoms with Crippen molar-refractivity contribution in [2.75, 3.05) is 7.11 Å². The first kappa shape index (κ1) is 38.0. The molecule has 0 aromatic rings. The summed E-state index contributed by atoms with van der Waals surface area (Å²) in [6.07, 6.45) is 11.6. The van der Waals surface area contributed by atoms with E-state index >= 15 is 0 Å². The standard InChI is InChI=1S/C36H64O5Si2/c1-14-15-18-26(2)23-28(40-42(10,11)35(3,4)5)21-22-30-29(20-17-16-19-27-24-31(27)34(38)39-9)32(37)25-33(30)41-43(12,13)36(6,7)8/h21-22,26-31,33H,14-15,18-20,23-25H2,1-13H3/b22-21+/t26-,27?,28+,29+,30+,31?,33+/m0/s1. The normalized spacial score (nSPS) is 26.3. The molecule has 5 nitrogen and oxygen atoms in total. The molecule has 0 aromatic carbocycles. The summed E-state index contributed by atoms with van der Waals surface area (Å²) in [7, 11) is -2.64. The molecule has 2 aliphatic carbocycles. The van der Waals surface area contributed by atoms with Gasteiger partial charge in [0, 0.05) is 31.1 Å². The zero-order valence-electron chi connectivity index (χ0n) is 29.9. The van der Waals surface area contributed by atoms with Crippen LogP contribution in [0.4, 0.5) is 0 Å². The maximum atomic E-state index is 13.5. The monoisotopic (exact) mass is 632 g/mol. The van der Waals surface area contributed by atoms with E-state index in [9.17, 15) is 9.59 Å². The van der Waals surface area contributed by atoms with E-state index in [-0.39, 0.29) is 57.7 Å². The second-order valence-corrected chi connectivity index (χ2v) is 26.0. The van der Waals surface area contributed by atoms with Crippen molar-refractivity contribution in [2.45, 2.75) is 155 Å². The number of hydrogen-bond donors (Lipinski definition) is 0. The highest BCUT2D eigenvalue weighted by Crippen LogP contribution is 2.44. The van der Waals surface area contributed by atoms with E-state index in [0.717, 1.165) is 12.8 Å². The molecule has 246 valence electrons. The maximum absolute atomic E-state index is 13.5. The van der Waals surface area contributed by atoms with Gasteiger partial charge in [0.05, 0.1) is 25.2 Å². The van der Waals surface area contributed by atoms with Crippen molar-refractivity contribution >= 4 is 28.4 Å². The number of rotatable bonds is 14. The van der Waals surface area contributed by atoms with Crippen LogP contribution in [0.1, 0.15) is 107 Å². The molecule has 2 rings (SSSR count). The number of ether oxygens (including phenoxy) is 1. The van der Waals surface area contributed by atoms with Gasteiger partial charge in [0.25, 0.3) is 0 Å². The third-order valence-corrected chi connectivity index (χ3v) is 19.7. The predicted molar refractivity (Wildman–Crippen MR) is 184 cm³/mol. The first-order chi connectivity index (χ1) is 19.7. The summed E-state index contributed by atoms with van der Waals surface area (Å²) in [6, 6.07) is 0. The lowest BCUT2D eigenvalue weighted by Gasteiger charge is -2.40. The molecule has 0 spiro atoms. The third-order valence-electron chi connectivity index (χ3n) is 10.7. The Morgan fingerprint density at radius 2 is 1.63 bits per heavy atom. The second-order valence-electron chi connectivity index (χ2n) is 16.4. The highest BCUT2D eigenvalue weighted by atomic mass is 28.4. The van der Waals surface area contributed by atoms with Gasteiger partial charge in [0.1, 0.15) is 5.78 Å². The molecule has 0 radical (unpaired) electrons. The van der Waals surface area contributed by atoms with Gasteiger partial charge in [0.15, 0.2) is 16.6 Å². The number of carbonyl (C=O) groups excluding carboxylic acids is 2. The Labute approximate surface area is 266 Å². The molecule has 0 heterocycles. The van der Waals surface area contributed by atoms with E-state index in [1.165, 1.54) is 26.4 Å². The van der Waals surface area contributed by atoms with E-state index in [0.29, 0.717) is 25.2 Å². The Hall–Kier alpha value is -1.21. The maximum Gasteiger partial charge on any atom is 0.308 e. The van der Waals surface area contributed by atoms with Crippen LogP contribution in [0.3, 0.4) is 0 Å². The average molecular weight is 633 g/mol. The van der Waals surface area contributed by atoms with Gasteiger partial charge in [0.2, 0.25) is 0 Å². The minimum Gasteiger partial charge on any atom is -0.469 e. The lowest BCUT2D eigenvalue weighted by atomic mass is 9.90. The molecular weight excluding hydrogens is 569 g/mol. The van der Waals surface area contributed by atoms with E-state index in [4.69, 9.17) is 13.6 Å². The van der Waals surface area contributed by atoms with Crippen LogP contribution in [0.5, 0.6) is 0 Å². The molecule has 0 N–H and O–H groups in total. The molecule has 2 aliphatic rings. The van der Waals surface area contributed by atoms with Crippen molar-refractivity contribution in [1.29, 1.82) is 0 Å². The van der Waals surface area contributed by atoms with Crippen molar-refractivity contribution in [3.8, 4) is 11.8 Å². The van der Waals surface area contributed by atoms with E-state index in [2.05, 4.69) is 106 Å². The summed E-state index contributed by atoms with van der Waals surface area (Å²) in [5.41, 5.74) is 0. The van der Waals surface area contributed by atoms with E-state index in [1.807, 2.05) is 0 Å². The largest absolute Gasteiger partial charge is 0.469 e. The Morgan fingerprint density at radius 1 is 1.02 bits per heavy atom. The average Bonchev–Trinajstić information content (AvgIpc) is 3.59. The summed E-state index contributed by atoms with van der Waals surface area (Å²) < 4.78 is 18.8. The molecule has 2 unspecified atom stereocenters. The highest BCUT2D eigenvalue weighted by molar-refractivity contribution is 6.74. The van der Waals surface area contributed by atoms with Crippen molar-refractivity contribution in [3.05, 3.63) is 12.2 Å². The second kappa shape index (κ2) is 15.4. The smallest absolute Gasteiger partial charge is 0.308 e. The fourth-order valence-corrected chi connectivity index (χ4v) is 8.12. The van der Waals surface area contributed by atoms with Crippen molar-refractivity contribution in [3.63, 3.8) is 0 Å². The van der Waals surface area contributed by atoms with Crippen molar-refractivity contribution in [2.24, 2.45) is 29.6 Å². The van der Waals surface area contributed by atoms with Crippen LogP contribution in [0, 0.1) is 41.4 Å². The van der Waals surface area contributed by atoms with Crippen LogP contribution in [-0.2, 0) is 23.2 Å². The lowest BCUT2D eigenvalue weighted by Crippen LogP contribution is -2.45. The molecule has 0 bridgehead atoms. The molecule has 2 fully saturated rings. The fourth-order valence-electron chi connectivity index (χ4n) is 5.48. The topological polar surface area (TPSA) is 61.8 Å². The molecule has 43 heavy (non-hydrogen) atoms. The van der Waals surface area contributed by atoms with Crippen LogP contribution in [0.15, 0.2) is 12.2 Å². The molecule has 7 atom stereocenters. The number of esters is 1. The molecular formula is C36H64O5Si2. The van der Waals surface area contributed by atoms with Crippen LogP contribution in [0.2, 0.25) is 36.3 Å². The summed E-state index contributed by atoms with van der Waals surface area (Å²) in [5.74, 6) is 7.38. The molecule has 7 heteroatoms. The molecule has 0 saturated heterocycles. The SMILES string of the molecule is CCCC[C@H](C)C[C@@H](/C=C/[C@H]1[C@H](O[Si](C)(C)C(C)(C)C)CC(=O)[C@@H]1CC#CCC1CC1C(=O)OC)O[Si](C)(C)C(C)(C)C. The summed E-state index contributed by atoms with van der Waals surface area (Å²) in [4.78, 5) is 25.3. The minimum absolute atomic E-state index is 0.0111. The number of unbranched alkanes of at least 4 members (excludes halogenated alkanes) is 1. The zero-order valence-corrected chi connectivity index (χ0v) is 31.9. The van der Waals surface area contributed by atoms with E-state index in [1.54, 1.807) is 0 Å². The minimum atomic E-state index is -2.09. The van der Waals surface area contributed by atoms with Gasteiger partial charge in [-0.25, -0.2) is 0 Å². The third kappa shape index (κ3) is 11.0. The molecule has 0 aromatic heterocycles. The van der Waals surface area contributed by atoms with Crippen LogP contribution >= 0.6 is 0 Å². The summed E-state index contributed by atoms with van der Waals surface area (Å²) in [6.45, 7) is 27.5. The van der Waals surface area contributed by atoms with Gasteiger partial charge in [-0.1, -0.05) is 86.8 Å². The molecule has 0 aliphatic heterocycles. The van der Waals surface area contributed by atoms with Crippen LogP contribution in [0.25, 0.3) is 0 Å². The first-order valence-corrected chi connectivity index (χ1v) is 22.7. The number of methoxy groups -OCH3 is 1. The molecule has 2 saturated carbocycles. The fraction of sp³-hybridized carbons (Fsp3) is 0.833. The Kier molecular flexibility index (Phi) is 13.6. The summed E-state index contributed by atoms with van der Waals surface area (Å²) >= 11 is 0. The van der Waals surface area contributed by atoms with Gasteiger partial charge in [-0.05, 0) is 60.9 Å². The lowest BCUT2D eigenvalue weighted by molar-refractivity contribution is -0.142. The first-order valence-electron chi connectivity index (χ1n) is 16.8.